The second kappa shape index (κ2) is 9.18. The molecule has 1 aliphatic heterocycles. The van der Waals surface area contributed by atoms with Crippen molar-refractivity contribution in [2.45, 2.75) is 50.5 Å². The summed E-state index contributed by atoms with van der Waals surface area (Å²) in [7, 11) is 0. The Hall–Kier alpha value is -2.62. The number of cyclic esters (lactones) is 1. The lowest BCUT2D eigenvalue weighted by Crippen LogP contribution is -2.28. The first kappa shape index (κ1) is 18.2. The first-order valence-corrected chi connectivity index (χ1v) is 9.31. The van der Waals surface area contributed by atoms with Crippen molar-refractivity contribution in [2.24, 2.45) is 10.9 Å². The Labute approximate surface area is 155 Å². The molecule has 0 aliphatic carbocycles. The second-order valence-corrected chi connectivity index (χ2v) is 6.92. The average molecular weight is 350 g/mol. The standard InChI is InChI=1S/C22H26N2O2/c23-24-16-18-12-10-17(11-13-18)6-4-5-9-21-14-20(15-22(25)26-21)19-7-2-1-3-8-19/h1-3,7-8,10-13,16,20-21H,4-6,9,14-15,23H2/t20-,21-/m1/s1. The molecule has 136 valence electrons. The number of esters is 1. The van der Waals surface area contributed by atoms with Crippen LogP contribution in [0.1, 0.15) is 54.7 Å². The molecular formula is C22H26N2O2. The van der Waals surface area contributed by atoms with Crippen LogP contribution in [0.15, 0.2) is 59.7 Å². The van der Waals surface area contributed by atoms with E-state index in [-0.39, 0.29) is 12.1 Å². The van der Waals surface area contributed by atoms with Gasteiger partial charge in [0.05, 0.1) is 12.6 Å². The number of nitrogens with two attached hydrogens (primary N) is 1. The zero-order chi connectivity index (χ0) is 18.2. The molecule has 0 amide bonds. The quantitative estimate of drug-likeness (QED) is 0.268. The molecule has 1 saturated heterocycles. The van der Waals surface area contributed by atoms with Crippen LogP contribution in [0.4, 0.5) is 0 Å². The molecule has 26 heavy (non-hydrogen) atoms. The van der Waals surface area contributed by atoms with Crippen molar-refractivity contribution in [1.29, 1.82) is 0 Å². The van der Waals surface area contributed by atoms with E-state index in [4.69, 9.17) is 10.6 Å². The van der Waals surface area contributed by atoms with E-state index in [0.717, 1.165) is 37.7 Å². The minimum absolute atomic E-state index is 0.0459. The van der Waals surface area contributed by atoms with E-state index in [1.165, 1.54) is 11.1 Å². The zero-order valence-electron chi connectivity index (χ0n) is 15.0. The number of nitrogens with zero attached hydrogens (tertiary/aromatic N) is 1. The molecule has 1 aliphatic rings. The summed E-state index contributed by atoms with van der Waals surface area (Å²) in [5, 5.41) is 3.53. The van der Waals surface area contributed by atoms with E-state index in [1.54, 1.807) is 6.21 Å². The second-order valence-electron chi connectivity index (χ2n) is 6.92. The van der Waals surface area contributed by atoms with Crippen LogP contribution in [0, 0.1) is 0 Å². The smallest absolute Gasteiger partial charge is 0.306 e. The number of hydrogen-bond donors (Lipinski definition) is 1. The van der Waals surface area contributed by atoms with Crippen molar-refractivity contribution in [2.75, 3.05) is 0 Å². The van der Waals surface area contributed by atoms with Crippen LogP contribution in [-0.4, -0.2) is 18.3 Å². The minimum atomic E-state index is -0.0627. The van der Waals surface area contributed by atoms with Gasteiger partial charge in [-0.15, -0.1) is 0 Å². The molecule has 2 aromatic rings. The summed E-state index contributed by atoms with van der Waals surface area (Å²) in [4.78, 5) is 12.0. The van der Waals surface area contributed by atoms with Crippen LogP contribution < -0.4 is 5.84 Å². The molecule has 3 rings (SSSR count). The van der Waals surface area contributed by atoms with Crippen LogP contribution in [0.2, 0.25) is 0 Å². The molecule has 0 spiro atoms. The predicted octanol–water partition coefficient (Wildman–Crippen LogP) is 4.18. The highest BCUT2D eigenvalue weighted by Gasteiger charge is 2.29. The van der Waals surface area contributed by atoms with Crippen molar-refractivity contribution in [3.05, 3.63) is 71.3 Å². The first-order chi connectivity index (χ1) is 12.7. The maximum Gasteiger partial charge on any atom is 0.306 e. The summed E-state index contributed by atoms with van der Waals surface area (Å²) >= 11 is 0. The third-order valence-electron chi connectivity index (χ3n) is 4.97. The number of carbonyl (C=O) groups is 1. The topological polar surface area (TPSA) is 64.7 Å². The molecule has 4 nitrogen and oxygen atoms in total. The number of carbonyl (C=O) groups excluding carboxylic acids is 1. The minimum Gasteiger partial charge on any atom is -0.462 e. The fraction of sp³-hybridized carbons (Fsp3) is 0.364. The Balaban J connectivity index is 1.44. The lowest BCUT2D eigenvalue weighted by atomic mass is 9.87. The highest BCUT2D eigenvalue weighted by molar-refractivity contribution is 5.79. The van der Waals surface area contributed by atoms with E-state index in [0.29, 0.717) is 12.3 Å². The van der Waals surface area contributed by atoms with E-state index in [2.05, 4.69) is 29.4 Å². The fourth-order valence-corrected chi connectivity index (χ4v) is 3.60. The fourth-order valence-electron chi connectivity index (χ4n) is 3.60. The van der Waals surface area contributed by atoms with Crippen LogP contribution >= 0.6 is 0 Å². The number of unbranched alkanes of at least 4 members (excludes halogenated alkanes) is 1. The van der Waals surface area contributed by atoms with E-state index in [9.17, 15) is 4.79 Å². The summed E-state index contributed by atoms with van der Waals surface area (Å²) in [6, 6.07) is 18.6. The highest BCUT2D eigenvalue weighted by Crippen LogP contribution is 2.32. The van der Waals surface area contributed by atoms with E-state index in [1.807, 2.05) is 30.3 Å². The number of aryl methyl sites for hydroxylation is 1. The van der Waals surface area contributed by atoms with Gasteiger partial charge >= 0.3 is 5.97 Å². The number of ether oxygens (including phenoxy) is 1. The number of rotatable bonds is 7. The molecular weight excluding hydrogens is 324 g/mol. The third-order valence-corrected chi connectivity index (χ3v) is 4.97. The summed E-state index contributed by atoms with van der Waals surface area (Å²) in [6.45, 7) is 0. The van der Waals surface area contributed by atoms with Crippen molar-refractivity contribution in [3.8, 4) is 0 Å². The number of hydrogen-bond acceptors (Lipinski definition) is 4. The van der Waals surface area contributed by atoms with Crippen LogP contribution in [0.3, 0.4) is 0 Å². The van der Waals surface area contributed by atoms with Crippen LogP contribution in [0.25, 0.3) is 0 Å². The van der Waals surface area contributed by atoms with Gasteiger partial charge in [-0.25, -0.2) is 0 Å². The number of benzene rings is 2. The summed E-state index contributed by atoms with van der Waals surface area (Å²) in [6.07, 6.45) is 7.24. The predicted molar refractivity (Wildman–Crippen MR) is 104 cm³/mol. The van der Waals surface area contributed by atoms with Crippen molar-refractivity contribution in [1.82, 2.24) is 0 Å². The van der Waals surface area contributed by atoms with Gasteiger partial charge in [0.25, 0.3) is 0 Å². The van der Waals surface area contributed by atoms with E-state index >= 15 is 0 Å². The van der Waals surface area contributed by atoms with Gasteiger partial charge in [0.15, 0.2) is 0 Å². The van der Waals surface area contributed by atoms with Crippen molar-refractivity contribution in [3.63, 3.8) is 0 Å². The largest absolute Gasteiger partial charge is 0.462 e. The maximum absolute atomic E-state index is 12.0. The van der Waals surface area contributed by atoms with Gasteiger partial charge in [-0.1, -0.05) is 54.6 Å². The monoisotopic (exact) mass is 350 g/mol. The SMILES string of the molecule is NN=Cc1ccc(CCCC[C@@H]2C[C@@H](c3ccccc3)CC(=O)O2)cc1. The van der Waals surface area contributed by atoms with Gasteiger partial charge in [-0.05, 0) is 54.7 Å². The first-order valence-electron chi connectivity index (χ1n) is 9.31. The molecule has 0 unspecified atom stereocenters. The molecule has 4 heteroatoms. The Morgan fingerprint density at radius 2 is 1.85 bits per heavy atom. The van der Waals surface area contributed by atoms with Crippen LogP contribution in [0.5, 0.6) is 0 Å². The molecule has 1 fully saturated rings. The summed E-state index contributed by atoms with van der Waals surface area (Å²) in [5.41, 5.74) is 3.56. The molecule has 1 heterocycles. The molecule has 2 aromatic carbocycles. The van der Waals surface area contributed by atoms with Crippen LogP contribution in [-0.2, 0) is 16.0 Å². The molecule has 0 bridgehead atoms. The Kier molecular flexibility index (Phi) is 6.42. The third kappa shape index (κ3) is 5.19. The van der Waals surface area contributed by atoms with Gasteiger partial charge in [0.1, 0.15) is 6.10 Å². The summed E-state index contributed by atoms with van der Waals surface area (Å²) in [5.74, 6) is 5.39. The number of hydrazone groups is 1. The van der Waals surface area contributed by atoms with Crippen molar-refractivity contribution < 1.29 is 9.53 Å². The van der Waals surface area contributed by atoms with Crippen molar-refractivity contribution >= 4 is 12.2 Å². The highest BCUT2D eigenvalue weighted by atomic mass is 16.5. The molecule has 0 radical (unpaired) electrons. The lowest BCUT2D eigenvalue weighted by Gasteiger charge is -2.29. The Morgan fingerprint density at radius 1 is 1.08 bits per heavy atom. The molecule has 2 N–H and O–H groups in total. The van der Waals surface area contributed by atoms with Gasteiger partial charge in [-0.3, -0.25) is 4.79 Å². The van der Waals surface area contributed by atoms with Gasteiger partial charge in [0.2, 0.25) is 0 Å². The average Bonchev–Trinajstić information content (AvgIpc) is 2.67. The lowest BCUT2D eigenvalue weighted by molar-refractivity contribution is -0.155. The van der Waals surface area contributed by atoms with E-state index < -0.39 is 0 Å². The molecule has 0 aromatic heterocycles. The normalized spacial score (nSPS) is 20.2. The van der Waals surface area contributed by atoms with Gasteiger partial charge in [0, 0.05) is 0 Å². The zero-order valence-corrected chi connectivity index (χ0v) is 15.0. The molecule has 0 saturated carbocycles. The molecule has 2 atom stereocenters. The van der Waals surface area contributed by atoms with Gasteiger partial charge in [-0.2, -0.15) is 5.10 Å². The summed E-state index contributed by atoms with van der Waals surface area (Å²) < 4.78 is 5.57. The maximum atomic E-state index is 12.0. The Morgan fingerprint density at radius 3 is 2.58 bits per heavy atom. The van der Waals surface area contributed by atoms with Gasteiger partial charge < -0.3 is 10.6 Å². The Bertz CT molecular complexity index is 726.